The fraction of sp³-hybridized carbons (Fsp3) is 0.316. The highest BCUT2D eigenvalue weighted by atomic mass is 16.5. The zero-order valence-corrected chi connectivity index (χ0v) is 16.0. The Kier molecular flexibility index (Phi) is 4.65. The normalized spacial score (nSPS) is 16.1. The second-order valence-corrected chi connectivity index (χ2v) is 6.57. The van der Waals surface area contributed by atoms with Crippen LogP contribution < -0.4 is 25.7 Å². The molecule has 2 aromatic rings. The summed E-state index contributed by atoms with van der Waals surface area (Å²) in [6.07, 6.45) is 3.74. The second-order valence-electron chi connectivity index (χ2n) is 6.57. The highest BCUT2D eigenvalue weighted by molar-refractivity contribution is 6.10. The molecule has 1 aliphatic carbocycles. The van der Waals surface area contributed by atoms with Crippen molar-refractivity contribution in [3.63, 3.8) is 0 Å². The summed E-state index contributed by atoms with van der Waals surface area (Å²) in [5.41, 5.74) is 14.3. The van der Waals surface area contributed by atoms with Gasteiger partial charge in [-0.15, -0.1) is 0 Å². The van der Waals surface area contributed by atoms with Crippen molar-refractivity contribution < 1.29 is 14.2 Å². The van der Waals surface area contributed by atoms with Gasteiger partial charge >= 0.3 is 0 Å². The van der Waals surface area contributed by atoms with Gasteiger partial charge in [0.15, 0.2) is 11.5 Å². The fourth-order valence-corrected chi connectivity index (χ4v) is 3.22. The number of allylic oxidation sites excluding steroid dienone is 1. The van der Waals surface area contributed by atoms with Crippen LogP contribution in [0.15, 0.2) is 23.2 Å². The van der Waals surface area contributed by atoms with Crippen LogP contribution >= 0.6 is 0 Å². The number of ether oxygens (including phenoxy) is 3. The predicted octanol–water partition coefficient (Wildman–Crippen LogP) is 2.74. The molecule has 8 heteroatoms. The zero-order chi connectivity index (χ0) is 19.8. The molecule has 0 unspecified atom stereocenters. The van der Waals surface area contributed by atoms with E-state index in [1.54, 1.807) is 33.5 Å². The summed E-state index contributed by atoms with van der Waals surface area (Å²) in [6.45, 7) is 4.03. The van der Waals surface area contributed by atoms with Crippen LogP contribution in [0.1, 0.15) is 25.1 Å². The molecule has 1 aromatic heterocycles. The third kappa shape index (κ3) is 3.14. The molecule has 8 nitrogen and oxygen atoms in total. The van der Waals surface area contributed by atoms with E-state index in [9.17, 15) is 0 Å². The average molecular weight is 369 g/mol. The number of anilines is 2. The average Bonchev–Trinajstić information content (AvgIpc) is 2.62. The number of nitrogens with zero attached hydrogens (tertiary/aromatic N) is 3. The van der Waals surface area contributed by atoms with E-state index in [1.807, 2.05) is 26.0 Å². The minimum Gasteiger partial charge on any atom is -0.493 e. The quantitative estimate of drug-likeness (QED) is 0.850. The van der Waals surface area contributed by atoms with Crippen LogP contribution in [0.5, 0.6) is 17.2 Å². The van der Waals surface area contributed by atoms with Crippen LogP contribution in [-0.2, 0) is 5.41 Å². The molecule has 0 fully saturated rings. The van der Waals surface area contributed by atoms with E-state index in [2.05, 4.69) is 9.97 Å². The first-order chi connectivity index (χ1) is 12.8. The lowest BCUT2D eigenvalue weighted by molar-refractivity contribution is 0.324. The van der Waals surface area contributed by atoms with Crippen molar-refractivity contribution in [1.29, 1.82) is 0 Å². The van der Waals surface area contributed by atoms with E-state index in [4.69, 9.17) is 30.7 Å². The largest absolute Gasteiger partial charge is 0.493 e. The molecule has 0 bridgehead atoms. The Morgan fingerprint density at radius 1 is 0.926 bits per heavy atom. The van der Waals surface area contributed by atoms with Crippen LogP contribution in [0.2, 0.25) is 0 Å². The van der Waals surface area contributed by atoms with Gasteiger partial charge in [-0.25, -0.2) is 4.98 Å². The first kappa shape index (κ1) is 18.5. The number of hydrogen-bond donors (Lipinski definition) is 2. The Morgan fingerprint density at radius 3 is 2.11 bits per heavy atom. The summed E-state index contributed by atoms with van der Waals surface area (Å²) in [6, 6.07) is 3.58. The number of hydrogen-bond acceptors (Lipinski definition) is 8. The van der Waals surface area contributed by atoms with Gasteiger partial charge in [0, 0.05) is 23.1 Å². The lowest BCUT2D eigenvalue weighted by Crippen LogP contribution is -2.33. The van der Waals surface area contributed by atoms with Crippen LogP contribution in [0.3, 0.4) is 0 Å². The van der Waals surface area contributed by atoms with E-state index in [0.29, 0.717) is 34.4 Å². The van der Waals surface area contributed by atoms with Crippen molar-refractivity contribution in [3.05, 3.63) is 29.5 Å². The Balaban J connectivity index is 2.14. The summed E-state index contributed by atoms with van der Waals surface area (Å²) in [4.78, 5) is 13.2. The monoisotopic (exact) mass is 369 g/mol. The van der Waals surface area contributed by atoms with Gasteiger partial charge in [-0.05, 0) is 26.0 Å². The summed E-state index contributed by atoms with van der Waals surface area (Å²) < 4.78 is 16.2. The molecule has 1 aliphatic rings. The number of rotatable bonds is 4. The van der Waals surface area contributed by atoms with E-state index >= 15 is 0 Å². The lowest BCUT2D eigenvalue weighted by Gasteiger charge is -2.31. The van der Waals surface area contributed by atoms with E-state index in [1.165, 1.54) is 0 Å². The summed E-state index contributed by atoms with van der Waals surface area (Å²) in [7, 11) is 4.69. The molecule has 1 aromatic carbocycles. The molecule has 27 heavy (non-hydrogen) atoms. The van der Waals surface area contributed by atoms with Gasteiger partial charge in [-0.3, -0.25) is 4.99 Å². The molecule has 0 saturated heterocycles. The van der Waals surface area contributed by atoms with Crippen LogP contribution in [-0.4, -0.2) is 37.0 Å². The maximum Gasteiger partial charge on any atom is 0.222 e. The number of nitrogens with two attached hydrogens (primary N) is 2. The highest BCUT2D eigenvalue weighted by Gasteiger charge is 2.34. The molecular weight excluding hydrogens is 346 g/mol. The zero-order valence-electron chi connectivity index (χ0n) is 16.0. The number of benzene rings is 1. The number of aliphatic imine (C=N–C) groups is 1. The van der Waals surface area contributed by atoms with Gasteiger partial charge in [0.05, 0.1) is 38.4 Å². The molecule has 4 N–H and O–H groups in total. The van der Waals surface area contributed by atoms with E-state index in [0.717, 1.165) is 11.3 Å². The maximum absolute atomic E-state index is 6.13. The van der Waals surface area contributed by atoms with Crippen molar-refractivity contribution in [3.8, 4) is 17.2 Å². The first-order valence-electron chi connectivity index (χ1n) is 8.32. The van der Waals surface area contributed by atoms with Crippen LogP contribution in [0, 0.1) is 0 Å². The SMILES string of the molecule is COc1cc(N=C2C=Cc3nc(N)nc(N)c3C2(C)C)cc(OC)c1OC. The standard InChI is InChI=1S/C19H23N5O3/c1-19(2)14(7-6-11-15(19)17(20)24-18(21)23-11)22-10-8-12(25-3)16(27-5)13(9-10)26-4/h6-9H,1-5H3,(H4,20,21,23,24). The molecule has 0 amide bonds. The maximum atomic E-state index is 6.13. The molecule has 1 heterocycles. The minimum atomic E-state index is -0.512. The molecule has 0 saturated carbocycles. The molecule has 142 valence electrons. The molecular formula is C19H23N5O3. The van der Waals surface area contributed by atoms with Crippen molar-refractivity contribution >= 4 is 29.2 Å². The molecule has 0 spiro atoms. The molecule has 0 atom stereocenters. The van der Waals surface area contributed by atoms with E-state index < -0.39 is 5.41 Å². The Morgan fingerprint density at radius 2 is 1.56 bits per heavy atom. The highest BCUT2D eigenvalue weighted by Crippen LogP contribution is 2.42. The summed E-state index contributed by atoms with van der Waals surface area (Å²) in [5, 5.41) is 0. The third-order valence-electron chi connectivity index (χ3n) is 4.55. The summed E-state index contributed by atoms with van der Waals surface area (Å²) >= 11 is 0. The molecule has 0 radical (unpaired) electrons. The van der Waals surface area contributed by atoms with Gasteiger partial charge in [-0.1, -0.05) is 0 Å². The topological polar surface area (TPSA) is 118 Å². The Hall–Kier alpha value is -3.29. The van der Waals surface area contributed by atoms with E-state index in [-0.39, 0.29) is 5.95 Å². The lowest BCUT2D eigenvalue weighted by atomic mass is 9.76. The van der Waals surface area contributed by atoms with Gasteiger partial charge in [0.25, 0.3) is 0 Å². The number of fused-ring (bicyclic) bond motifs is 1. The van der Waals surface area contributed by atoms with Gasteiger partial charge in [0.2, 0.25) is 11.7 Å². The molecule has 3 rings (SSSR count). The predicted molar refractivity (Wildman–Crippen MR) is 106 cm³/mol. The van der Waals surface area contributed by atoms with Crippen molar-refractivity contribution in [2.45, 2.75) is 19.3 Å². The number of methoxy groups -OCH3 is 3. The van der Waals surface area contributed by atoms with Crippen molar-refractivity contribution in [2.24, 2.45) is 4.99 Å². The minimum absolute atomic E-state index is 0.150. The first-order valence-corrected chi connectivity index (χ1v) is 8.32. The second kappa shape index (κ2) is 6.79. The third-order valence-corrected chi connectivity index (χ3v) is 4.55. The van der Waals surface area contributed by atoms with Crippen molar-refractivity contribution in [1.82, 2.24) is 9.97 Å². The number of aromatic nitrogens is 2. The smallest absolute Gasteiger partial charge is 0.222 e. The Labute approximate surface area is 157 Å². The van der Waals surface area contributed by atoms with Crippen LogP contribution in [0.4, 0.5) is 17.5 Å². The summed E-state index contributed by atoms with van der Waals surface area (Å²) in [5.74, 6) is 2.08. The number of nitrogen functional groups attached to an aromatic ring is 2. The Bertz CT molecular complexity index is 926. The van der Waals surface area contributed by atoms with Crippen molar-refractivity contribution in [2.75, 3.05) is 32.8 Å². The molecule has 0 aliphatic heterocycles. The van der Waals surface area contributed by atoms with Crippen LogP contribution in [0.25, 0.3) is 6.08 Å². The van der Waals surface area contributed by atoms with Gasteiger partial charge in [-0.2, -0.15) is 4.98 Å². The fourth-order valence-electron chi connectivity index (χ4n) is 3.22. The van der Waals surface area contributed by atoms with Gasteiger partial charge < -0.3 is 25.7 Å². The van der Waals surface area contributed by atoms with Gasteiger partial charge in [0.1, 0.15) is 5.82 Å².